The van der Waals surface area contributed by atoms with Gasteiger partial charge in [0.1, 0.15) is 5.56 Å². The van der Waals surface area contributed by atoms with E-state index in [0.717, 1.165) is 19.2 Å². The van der Waals surface area contributed by atoms with Gasteiger partial charge in [0.25, 0.3) is 15.7 Å². The van der Waals surface area contributed by atoms with Crippen LogP contribution in [0.4, 0.5) is 18.9 Å². The minimum absolute atomic E-state index is 0.144. The molecule has 27 heavy (non-hydrogen) atoms. The van der Waals surface area contributed by atoms with Crippen molar-refractivity contribution < 1.29 is 41.0 Å². The van der Waals surface area contributed by atoms with Crippen LogP contribution in [0.3, 0.4) is 0 Å². The summed E-state index contributed by atoms with van der Waals surface area (Å²) in [7, 11) is -4.42. The normalized spacial score (nSPS) is 11.7. The standard InChI is InChI=1S/C16H12F3NO6S/c1-26-15(23)11-3-2-4-12(13(11)21)20-14(22)9-5-7-10(8-6-9)27(24,25)16(17,18)19/h2-8,21H,1H3,(H,20,22). The lowest BCUT2D eigenvalue weighted by Crippen LogP contribution is -2.23. The van der Waals surface area contributed by atoms with Crippen LogP contribution in [-0.4, -0.2) is 38.0 Å². The lowest BCUT2D eigenvalue weighted by molar-refractivity contribution is -0.0436. The number of amides is 1. The van der Waals surface area contributed by atoms with Gasteiger partial charge in [-0.1, -0.05) is 6.07 Å². The number of esters is 1. The van der Waals surface area contributed by atoms with Crippen molar-refractivity contribution in [2.75, 3.05) is 12.4 Å². The molecule has 7 nitrogen and oxygen atoms in total. The molecule has 2 aromatic carbocycles. The summed E-state index contributed by atoms with van der Waals surface area (Å²) in [5.74, 6) is -2.25. The number of rotatable bonds is 4. The highest BCUT2D eigenvalue weighted by molar-refractivity contribution is 7.92. The maximum atomic E-state index is 12.5. The van der Waals surface area contributed by atoms with Crippen LogP contribution in [0.5, 0.6) is 5.75 Å². The van der Waals surface area contributed by atoms with Crippen LogP contribution in [0.25, 0.3) is 0 Å². The highest BCUT2D eigenvalue weighted by Gasteiger charge is 2.46. The number of carbonyl (C=O) groups excluding carboxylic acids is 2. The van der Waals surface area contributed by atoms with Crippen LogP contribution in [0, 0.1) is 0 Å². The molecule has 0 aliphatic heterocycles. The first-order valence-electron chi connectivity index (χ1n) is 7.12. The Morgan fingerprint density at radius 2 is 1.67 bits per heavy atom. The van der Waals surface area contributed by atoms with Crippen LogP contribution in [0.1, 0.15) is 20.7 Å². The summed E-state index contributed by atoms with van der Waals surface area (Å²) in [5, 5.41) is 12.3. The second-order valence-corrected chi connectivity index (χ2v) is 7.06. The molecule has 144 valence electrons. The van der Waals surface area contributed by atoms with Crippen LogP contribution in [-0.2, 0) is 14.6 Å². The molecular formula is C16H12F3NO6S. The monoisotopic (exact) mass is 403 g/mol. The van der Waals surface area contributed by atoms with Crippen LogP contribution in [0.2, 0.25) is 0 Å². The topological polar surface area (TPSA) is 110 Å². The van der Waals surface area contributed by atoms with E-state index in [-0.39, 0.29) is 16.8 Å². The Hall–Kier alpha value is -3.08. The highest BCUT2D eigenvalue weighted by atomic mass is 32.2. The van der Waals surface area contributed by atoms with E-state index in [0.29, 0.717) is 12.1 Å². The Morgan fingerprint density at radius 1 is 1.07 bits per heavy atom. The molecule has 0 aromatic heterocycles. The number of ether oxygens (including phenoxy) is 1. The van der Waals surface area contributed by atoms with Crippen molar-refractivity contribution in [3.63, 3.8) is 0 Å². The lowest BCUT2D eigenvalue weighted by Gasteiger charge is -2.11. The van der Waals surface area contributed by atoms with E-state index in [4.69, 9.17) is 0 Å². The number of aromatic hydroxyl groups is 1. The quantitative estimate of drug-likeness (QED) is 0.600. The largest absolute Gasteiger partial charge is 0.505 e. The third-order valence-corrected chi connectivity index (χ3v) is 4.92. The number of para-hydroxylation sites is 1. The summed E-state index contributed by atoms with van der Waals surface area (Å²) in [5.41, 5.74) is -5.98. The Bertz CT molecular complexity index is 984. The van der Waals surface area contributed by atoms with E-state index < -0.39 is 37.9 Å². The number of hydrogen-bond acceptors (Lipinski definition) is 6. The summed E-state index contributed by atoms with van der Waals surface area (Å²) in [6.07, 6.45) is 0. The first-order chi connectivity index (χ1) is 12.5. The Labute approximate surface area is 151 Å². The van der Waals surface area contributed by atoms with E-state index in [2.05, 4.69) is 10.1 Å². The number of phenolic OH excluding ortho intramolecular Hbond substituents is 1. The average molecular weight is 403 g/mol. The molecule has 0 bridgehead atoms. The number of alkyl halides is 3. The fourth-order valence-electron chi connectivity index (χ4n) is 2.03. The summed E-state index contributed by atoms with van der Waals surface area (Å²) in [6.45, 7) is 0. The second kappa shape index (κ2) is 7.27. The van der Waals surface area contributed by atoms with Gasteiger partial charge in [0.05, 0.1) is 17.7 Å². The molecule has 0 radical (unpaired) electrons. The summed E-state index contributed by atoms with van der Waals surface area (Å²) >= 11 is 0. The molecule has 0 aliphatic carbocycles. The molecule has 2 N–H and O–H groups in total. The van der Waals surface area contributed by atoms with Crippen molar-refractivity contribution in [1.82, 2.24) is 0 Å². The zero-order chi connectivity index (χ0) is 20.4. The van der Waals surface area contributed by atoms with Crippen LogP contribution in [0.15, 0.2) is 47.4 Å². The number of benzene rings is 2. The number of hydrogen-bond donors (Lipinski definition) is 2. The summed E-state index contributed by atoms with van der Waals surface area (Å²) < 4.78 is 64.6. The fraction of sp³-hybridized carbons (Fsp3) is 0.125. The van der Waals surface area contributed by atoms with Gasteiger partial charge in [-0.05, 0) is 36.4 Å². The van der Waals surface area contributed by atoms with Crippen molar-refractivity contribution in [3.8, 4) is 5.75 Å². The molecular weight excluding hydrogens is 391 g/mol. The van der Waals surface area contributed by atoms with Gasteiger partial charge in [-0.25, -0.2) is 13.2 Å². The SMILES string of the molecule is COC(=O)c1cccc(NC(=O)c2ccc(S(=O)(=O)C(F)(F)F)cc2)c1O. The molecule has 2 aromatic rings. The predicted octanol–water partition coefficient (Wildman–Crippen LogP) is 2.72. The van der Waals surface area contributed by atoms with Crippen molar-refractivity contribution >= 4 is 27.4 Å². The van der Waals surface area contributed by atoms with Crippen molar-refractivity contribution in [1.29, 1.82) is 0 Å². The lowest BCUT2D eigenvalue weighted by atomic mass is 10.1. The molecule has 0 spiro atoms. The second-order valence-electron chi connectivity index (χ2n) is 5.12. The third-order valence-electron chi connectivity index (χ3n) is 3.42. The Kier molecular flexibility index (Phi) is 5.45. The Balaban J connectivity index is 2.27. The minimum Gasteiger partial charge on any atom is -0.505 e. The molecule has 1 amide bonds. The van der Waals surface area contributed by atoms with Gasteiger partial charge in [0, 0.05) is 5.56 Å². The molecule has 0 fully saturated rings. The van der Waals surface area contributed by atoms with E-state index in [1.54, 1.807) is 0 Å². The fourth-order valence-corrected chi connectivity index (χ4v) is 2.79. The van der Waals surface area contributed by atoms with Crippen molar-refractivity contribution in [2.24, 2.45) is 0 Å². The predicted molar refractivity (Wildman–Crippen MR) is 87.1 cm³/mol. The first-order valence-corrected chi connectivity index (χ1v) is 8.60. The molecule has 11 heteroatoms. The van der Waals surface area contributed by atoms with Gasteiger partial charge in [-0.2, -0.15) is 13.2 Å². The van der Waals surface area contributed by atoms with Crippen LogP contribution >= 0.6 is 0 Å². The minimum atomic E-state index is -5.53. The zero-order valence-electron chi connectivity index (χ0n) is 13.6. The number of nitrogens with one attached hydrogen (secondary N) is 1. The van der Waals surface area contributed by atoms with Gasteiger partial charge in [0.2, 0.25) is 0 Å². The van der Waals surface area contributed by atoms with Gasteiger partial charge >= 0.3 is 11.5 Å². The van der Waals surface area contributed by atoms with Crippen LogP contribution < -0.4 is 5.32 Å². The molecule has 0 saturated heterocycles. The maximum Gasteiger partial charge on any atom is 0.501 e. The third kappa shape index (κ3) is 4.03. The molecule has 2 rings (SSSR count). The summed E-state index contributed by atoms with van der Waals surface area (Å²) in [4.78, 5) is 22.7. The number of methoxy groups -OCH3 is 1. The van der Waals surface area contributed by atoms with Crippen molar-refractivity contribution in [2.45, 2.75) is 10.4 Å². The zero-order valence-corrected chi connectivity index (χ0v) is 14.4. The van der Waals surface area contributed by atoms with E-state index in [1.165, 1.54) is 18.2 Å². The smallest absolute Gasteiger partial charge is 0.501 e. The summed E-state index contributed by atoms with van der Waals surface area (Å²) in [6, 6.07) is 6.95. The van der Waals surface area contributed by atoms with E-state index in [9.17, 15) is 36.3 Å². The number of anilines is 1. The molecule has 0 aliphatic rings. The Morgan fingerprint density at radius 3 is 2.19 bits per heavy atom. The highest BCUT2D eigenvalue weighted by Crippen LogP contribution is 2.31. The van der Waals surface area contributed by atoms with Gasteiger partial charge in [-0.3, -0.25) is 4.79 Å². The van der Waals surface area contributed by atoms with E-state index >= 15 is 0 Å². The average Bonchev–Trinajstić information content (AvgIpc) is 2.62. The molecule has 0 unspecified atom stereocenters. The molecule has 0 heterocycles. The number of sulfone groups is 1. The number of halogens is 3. The van der Waals surface area contributed by atoms with Gasteiger partial charge < -0.3 is 15.2 Å². The molecule has 0 saturated carbocycles. The molecule has 0 atom stereocenters. The van der Waals surface area contributed by atoms with Gasteiger partial charge in [0.15, 0.2) is 5.75 Å². The van der Waals surface area contributed by atoms with E-state index in [1.807, 2.05) is 0 Å². The first kappa shape index (κ1) is 20.2. The maximum absolute atomic E-state index is 12.5. The number of phenols is 1. The number of carbonyl (C=O) groups is 2. The van der Waals surface area contributed by atoms with Gasteiger partial charge in [-0.15, -0.1) is 0 Å². The van der Waals surface area contributed by atoms with Crippen molar-refractivity contribution in [3.05, 3.63) is 53.6 Å².